The Morgan fingerprint density at radius 3 is 2.24 bits per heavy atom. The molecule has 2 unspecified atom stereocenters. The second-order valence-corrected chi connectivity index (χ2v) is 13.4. The maximum absolute atomic E-state index is 12.8. The van der Waals surface area contributed by atoms with Gasteiger partial charge in [-0.05, 0) is 49.2 Å². The Morgan fingerprint density at radius 2 is 1.55 bits per heavy atom. The number of nitrogens with one attached hydrogen (secondary N) is 3. The molecule has 3 aliphatic rings. The fourth-order valence-electron chi connectivity index (χ4n) is 5.58. The average Bonchev–Trinajstić information content (AvgIpc) is 3.11. The number of fused-ring (bicyclic) bond motifs is 1. The maximum Gasteiger partial charge on any atom is 0.322 e. The van der Waals surface area contributed by atoms with Crippen LogP contribution in [0, 0.1) is 5.92 Å². The summed E-state index contributed by atoms with van der Waals surface area (Å²) in [5.74, 6) is -0.633. The number of hydroxylamine groups is 1. The highest BCUT2D eigenvalue weighted by Crippen LogP contribution is 2.33. The minimum Gasteiger partial charge on any atom is -0.497 e. The Balaban J connectivity index is 0.000000198. The third-order valence-electron chi connectivity index (χ3n) is 8.22. The van der Waals surface area contributed by atoms with Gasteiger partial charge in [0, 0.05) is 47.6 Å². The summed E-state index contributed by atoms with van der Waals surface area (Å²) < 4.78 is 40.3. The van der Waals surface area contributed by atoms with E-state index in [0.717, 1.165) is 15.6 Å². The number of urea groups is 1. The molecule has 4 amide bonds. The first-order valence-electron chi connectivity index (χ1n) is 16.2. The van der Waals surface area contributed by atoms with Crippen molar-refractivity contribution >= 4 is 39.4 Å². The Kier molecular flexibility index (Phi) is 12.3. The van der Waals surface area contributed by atoms with Crippen LogP contribution in [0.2, 0.25) is 0 Å². The molecule has 0 saturated carbocycles. The van der Waals surface area contributed by atoms with Crippen LogP contribution in [0.5, 0.6) is 5.75 Å². The molecule has 15 nitrogen and oxygen atoms in total. The van der Waals surface area contributed by atoms with Gasteiger partial charge in [-0.1, -0.05) is 54.6 Å². The Hall–Kier alpha value is -5.42. The number of hydrogen-bond acceptors (Lipinski definition) is 9. The molecule has 0 aromatic heterocycles. The Bertz CT molecular complexity index is 1870. The van der Waals surface area contributed by atoms with Gasteiger partial charge in [0.25, 0.3) is 5.91 Å². The number of carbonyl (C=O) groups is 3. The number of para-hydroxylation sites is 2. The van der Waals surface area contributed by atoms with Crippen molar-refractivity contribution in [2.75, 3.05) is 42.9 Å². The predicted molar refractivity (Wildman–Crippen MR) is 188 cm³/mol. The fraction of sp³-hybridized carbons (Fsp3) is 0.286. The smallest absolute Gasteiger partial charge is 0.322 e. The number of ether oxygens (including phenoxy) is 2. The molecule has 3 aromatic carbocycles. The number of hydrogen-bond donors (Lipinski definition) is 6. The highest BCUT2D eigenvalue weighted by molar-refractivity contribution is 7.90. The summed E-state index contributed by atoms with van der Waals surface area (Å²) in [7, 11) is -4.01. The number of nitrogens with zero attached hydrogens (tertiary/aromatic N) is 2. The highest BCUT2D eigenvalue weighted by Gasteiger charge is 2.33. The molecule has 2 aliphatic heterocycles. The first kappa shape index (κ1) is 36.9. The lowest BCUT2D eigenvalue weighted by atomic mass is 9.93. The summed E-state index contributed by atoms with van der Waals surface area (Å²) in [4.78, 5) is 37.2. The van der Waals surface area contributed by atoms with Crippen LogP contribution in [0.4, 0.5) is 16.2 Å². The zero-order valence-corrected chi connectivity index (χ0v) is 28.4. The normalized spacial score (nSPS) is 19.1. The number of primary amides is 1. The molecule has 2 atom stereocenters. The molecular weight excluding hydrogens is 680 g/mol. The quantitative estimate of drug-likeness (QED) is 0.162. The summed E-state index contributed by atoms with van der Waals surface area (Å²) in [5.41, 5.74) is 9.41. The molecule has 0 bridgehead atoms. The van der Waals surface area contributed by atoms with Crippen molar-refractivity contribution in [3.8, 4) is 5.75 Å². The van der Waals surface area contributed by atoms with E-state index < -0.39 is 34.2 Å². The van der Waals surface area contributed by atoms with E-state index in [-0.39, 0.29) is 36.1 Å². The minimum atomic E-state index is -4.01. The lowest BCUT2D eigenvalue weighted by molar-refractivity contribution is -0.132. The average molecular weight is 721 g/mol. The van der Waals surface area contributed by atoms with Crippen LogP contribution in [0.1, 0.15) is 41.4 Å². The molecule has 2 heterocycles. The van der Waals surface area contributed by atoms with Gasteiger partial charge >= 0.3 is 16.2 Å². The van der Waals surface area contributed by atoms with Gasteiger partial charge in [0.15, 0.2) is 6.23 Å². The van der Waals surface area contributed by atoms with Crippen molar-refractivity contribution < 1.29 is 42.6 Å². The van der Waals surface area contributed by atoms with Crippen LogP contribution in [0.15, 0.2) is 102 Å². The SMILES string of the molecule is NC(=O)c1ccc2c(c1)OCCCN(S(=O)(=O)Nc1ccccc1)C2O.O=C(NO)C1C=CC2=C(C1)OCCCN(C(=O)Nc1ccccc1)C2. The second kappa shape index (κ2) is 17.0. The lowest BCUT2D eigenvalue weighted by Gasteiger charge is -2.30. The van der Waals surface area contributed by atoms with Crippen molar-refractivity contribution in [2.24, 2.45) is 11.7 Å². The van der Waals surface area contributed by atoms with Gasteiger partial charge in [-0.15, -0.1) is 0 Å². The van der Waals surface area contributed by atoms with Gasteiger partial charge in [-0.3, -0.25) is 19.5 Å². The van der Waals surface area contributed by atoms with E-state index in [1.807, 2.05) is 30.3 Å². The standard InChI is InChI=1S/C18H21N3O4.C17H19N3O5S/c22-17(20-24)13-7-8-14-12-21(9-4-10-25-16(14)11-13)18(23)19-15-5-2-1-3-6-15;18-16(21)12-7-8-14-15(11-12)25-10-4-9-20(17(14)22)26(23,24)19-13-5-2-1-3-6-13/h1-3,5-8,13,24H,4,9-12H2,(H,19,23)(H,20,22);1-3,5-8,11,17,19,22H,4,9-10H2,(H2,18,21). The number of aliphatic hydroxyl groups excluding tert-OH is 1. The van der Waals surface area contributed by atoms with Gasteiger partial charge in [0.1, 0.15) is 11.5 Å². The molecule has 6 rings (SSSR count). The zero-order valence-electron chi connectivity index (χ0n) is 27.6. The maximum atomic E-state index is 12.8. The van der Waals surface area contributed by atoms with E-state index in [0.29, 0.717) is 50.4 Å². The van der Waals surface area contributed by atoms with Crippen molar-refractivity contribution in [3.63, 3.8) is 0 Å². The van der Waals surface area contributed by atoms with Gasteiger partial charge in [0.05, 0.1) is 25.7 Å². The number of benzene rings is 3. The van der Waals surface area contributed by atoms with Crippen LogP contribution in [-0.2, 0) is 19.7 Å². The van der Waals surface area contributed by atoms with E-state index in [2.05, 4.69) is 10.0 Å². The fourth-order valence-corrected chi connectivity index (χ4v) is 6.88. The molecule has 1 aliphatic carbocycles. The number of nitrogens with two attached hydrogens (primary N) is 1. The molecule has 7 N–H and O–H groups in total. The number of rotatable bonds is 6. The van der Waals surface area contributed by atoms with E-state index in [9.17, 15) is 27.9 Å². The van der Waals surface area contributed by atoms with Gasteiger partial charge < -0.3 is 30.5 Å². The van der Waals surface area contributed by atoms with E-state index in [4.69, 9.17) is 20.4 Å². The Labute approximate surface area is 295 Å². The number of allylic oxidation sites excluding steroid dienone is 1. The summed E-state index contributed by atoms with van der Waals surface area (Å²) in [6, 6.07) is 21.8. The Morgan fingerprint density at radius 1 is 0.882 bits per heavy atom. The predicted octanol–water partition coefficient (Wildman–Crippen LogP) is 3.49. The number of carbonyl (C=O) groups excluding carboxylic acids is 3. The molecular formula is C35H40N6O9S. The second-order valence-electron chi connectivity index (χ2n) is 11.8. The minimum absolute atomic E-state index is 0.0698. The lowest BCUT2D eigenvalue weighted by Crippen LogP contribution is -2.41. The zero-order chi connectivity index (χ0) is 36.4. The first-order valence-corrected chi connectivity index (χ1v) is 17.7. The topological polar surface area (TPSA) is 213 Å². The van der Waals surface area contributed by atoms with Gasteiger partial charge in [-0.25, -0.2) is 10.3 Å². The van der Waals surface area contributed by atoms with E-state index in [1.165, 1.54) is 18.2 Å². The van der Waals surface area contributed by atoms with Crippen molar-refractivity contribution in [1.29, 1.82) is 0 Å². The van der Waals surface area contributed by atoms with Crippen LogP contribution in [-0.4, -0.2) is 78.6 Å². The molecule has 0 saturated heterocycles. The van der Waals surface area contributed by atoms with Crippen molar-refractivity contribution in [2.45, 2.75) is 25.5 Å². The van der Waals surface area contributed by atoms with Gasteiger partial charge in [0.2, 0.25) is 5.91 Å². The molecule has 270 valence electrons. The molecule has 0 spiro atoms. The third-order valence-corrected chi connectivity index (χ3v) is 9.71. The van der Waals surface area contributed by atoms with E-state index in [1.54, 1.807) is 52.9 Å². The van der Waals surface area contributed by atoms with Gasteiger partial charge in [-0.2, -0.15) is 12.7 Å². The number of anilines is 2. The van der Waals surface area contributed by atoms with Crippen LogP contribution in [0.25, 0.3) is 0 Å². The van der Waals surface area contributed by atoms with Crippen LogP contribution >= 0.6 is 0 Å². The summed E-state index contributed by atoms with van der Waals surface area (Å²) in [5, 5.41) is 22.4. The molecule has 0 radical (unpaired) electrons. The highest BCUT2D eigenvalue weighted by atomic mass is 32.2. The number of aliphatic hydroxyl groups is 1. The monoisotopic (exact) mass is 720 g/mol. The summed E-state index contributed by atoms with van der Waals surface area (Å²) in [6.07, 6.45) is 3.52. The molecule has 16 heteroatoms. The van der Waals surface area contributed by atoms with Crippen LogP contribution in [0.3, 0.4) is 0 Å². The first-order chi connectivity index (χ1) is 24.6. The molecule has 3 aromatic rings. The van der Waals surface area contributed by atoms with E-state index >= 15 is 0 Å². The third kappa shape index (κ3) is 9.64. The number of amides is 4. The largest absolute Gasteiger partial charge is 0.497 e. The molecule has 0 fully saturated rings. The van der Waals surface area contributed by atoms with Crippen LogP contribution < -0.4 is 26.0 Å². The van der Waals surface area contributed by atoms with Crippen molar-refractivity contribution in [3.05, 3.63) is 113 Å². The summed E-state index contributed by atoms with van der Waals surface area (Å²) in [6.45, 7) is 1.79. The van der Waals surface area contributed by atoms with Crippen molar-refractivity contribution in [1.82, 2.24) is 14.7 Å². The summed E-state index contributed by atoms with van der Waals surface area (Å²) >= 11 is 0. The molecule has 51 heavy (non-hydrogen) atoms.